The van der Waals surface area contributed by atoms with Crippen LogP contribution in [0.5, 0.6) is 0 Å². The number of carbonyl (C=O) groups excluding carboxylic acids is 4. The van der Waals surface area contributed by atoms with E-state index in [0.717, 1.165) is 9.80 Å². The van der Waals surface area contributed by atoms with Crippen LogP contribution in [0.3, 0.4) is 0 Å². The van der Waals surface area contributed by atoms with Gasteiger partial charge in [-0.1, -0.05) is 48.5 Å². The van der Waals surface area contributed by atoms with Crippen molar-refractivity contribution in [2.75, 3.05) is 9.80 Å². The summed E-state index contributed by atoms with van der Waals surface area (Å²) in [5.41, 5.74) is 4.86. The number of rotatable bonds is 10. The minimum atomic E-state index is -1.13. The first-order valence-electron chi connectivity index (χ1n) is 20.7. The van der Waals surface area contributed by atoms with Gasteiger partial charge >= 0.3 is 23.9 Å². The van der Waals surface area contributed by atoms with Crippen LogP contribution < -0.4 is 9.80 Å². The molecule has 14 heteroatoms. The Morgan fingerprint density at radius 2 is 0.485 bits per heavy atom. The number of carboxylic acids is 4. The highest BCUT2D eigenvalue weighted by Gasteiger charge is 2.41. The number of carbonyl (C=O) groups is 8. The molecular weight excluding hydrogens is 869 g/mol. The molecule has 0 aliphatic carbocycles. The van der Waals surface area contributed by atoms with Gasteiger partial charge in [-0.2, -0.15) is 0 Å². The van der Waals surface area contributed by atoms with Crippen molar-refractivity contribution in [1.29, 1.82) is 0 Å². The molecule has 0 saturated carbocycles. The molecule has 4 N–H and O–H groups in total. The van der Waals surface area contributed by atoms with Crippen LogP contribution in [0.4, 0.5) is 11.4 Å². The molecule has 0 bridgehead atoms. The molecule has 328 valence electrons. The molecule has 0 fully saturated rings. The summed E-state index contributed by atoms with van der Waals surface area (Å²) in [6.07, 6.45) is 0. The van der Waals surface area contributed by atoms with Crippen molar-refractivity contribution < 1.29 is 58.8 Å². The van der Waals surface area contributed by atoms with E-state index in [1.807, 2.05) is 0 Å². The second-order valence-electron chi connectivity index (χ2n) is 16.0. The van der Waals surface area contributed by atoms with Gasteiger partial charge in [-0.05, 0) is 154 Å². The highest BCUT2D eigenvalue weighted by atomic mass is 16.4. The van der Waals surface area contributed by atoms with Crippen LogP contribution in [0.25, 0.3) is 55.3 Å². The molecule has 0 atom stereocenters. The standard InChI is InChI=1S/C54H30N2O12/c57-47-41-17-19-43-46-44(50(60)56(49(43)59)40-25-37(29-5-13-33(14-6-29)53(65)66)22-38(26-40)30-7-15-34(16-8-30)54(67)68)20-18-42(45(41)46)48(58)55(47)39-23-35(27-1-9-31(10-2-27)51(61)62)21-36(24-39)28-3-11-32(12-4-28)52(63)64/h1-26H,(H,61,62)(H,63,64)(H,65,66)(H,67,68). The lowest BCUT2D eigenvalue weighted by molar-refractivity contribution is 0.0686. The predicted octanol–water partition coefficient (Wildman–Crippen LogP) is 9.90. The number of nitrogens with zero attached hydrogens (tertiary/aromatic N) is 2. The Kier molecular flexibility index (Phi) is 9.92. The van der Waals surface area contributed by atoms with Gasteiger partial charge < -0.3 is 20.4 Å². The van der Waals surface area contributed by atoms with Crippen LogP contribution in [-0.4, -0.2) is 67.9 Å². The topological polar surface area (TPSA) is 224 Å². The van der Waals surface area contributed by atoms with E-state index in [2.05, 4.69) is 0 Å². The number of amides is 4. The summed E-state index contributed by atoms with van der Waals surface area (Å²) < 4.78 is 0. The number of benzene rings is 8. The lowest BCUT2D eigenvalue weighted by Gasteiger charge is -2.32. The quantitative estimate of drug-likeness (QED) is 0.0942. The van der Waals surface area contributed by atoms with Crippen molar-refractivity contribution in [3.05, 3.63) is 202 Å². The van der Waals surface area contributed by atoms with Crippen LogP contribution in [0, 0.1) is 0 Å². The van der Waals surface area contributed by atoms with Gasteiger partial charge in [0.1, 0.15) is 0 Å². The molecule has 14 nitrogen and oxygen atoms in total. The van der Waals surface area contributed by atoms with Crippen molar-refractivity contribution in [2.45, 2.75) is 0 Å². The SMILES string of the molecule is O=C(O)c1ccc(-c2cc(-c3ccc(C(=O)O)cc3)cc(N3C(=O)c4ccc5c6c(ccc(c46)C3=O)C(=O)N(c3cc(-c4ccc(C(=O)O)cc4)cc(-c4ccc(C(=O)O)cc4)c3)C5=O)c2)cc1. The Morgan fingerprint density at radius 3 is 0.676 bits per heavy atom. The monoisotopic (exact) mass is 898 g/mol. The third kappa shape index (κ3) is 7.01. The number of hydrogen-bond donors (Lipinski definition) is 4. The predicted molar refractivity (Wildman–Crippen MR) is 249 cm³/mol. The zero-order valence-corrected chi connectivity index (χ0v) is 35.0. The lowest BCUT2D eigenvalue weighted by Crippen LogP contribution is -2.43. The Morgan fingerprint density at radius 1 is 0.279 bits per heavy atom. The Hall–Kier alpha value is -9.82. The van der Waals surface area contributed by atoms with Gasteiger partial charge in [-0.3, -0.25) is 19.2 Å². The van der Waals surface area contributed by atoms with Crippen LogP contribution >= 0.6 is 0 Å². The van der Waals surface area contributed by atoms with E-state index >= 15 is 0 Å². The molecule has 2 aliphatic rings. The van der Waals surface area contributed by atoms with Gasteiger partial charge in [0.05, 0.1) is 33.6 Å². The van der Waals surface area contributed by atoms with Crippen molar-refractivity contribution in [3.63, 3.8) is 0 Å². The largest absolute Gasteiger partial charge is 0.478 e. The Bertz CT molecular complexity index is 3120. The van der Waals surface area contributed by atoms with Crippen LogP contribution in [0.1, 0.15) is 82.9 Å². The summed E-state index contributed by atoms with van der Waals surface area (Å²) in [6, 6.07) is 39.7. The fraction of sp³-hybridized carbons (Fsp3) is 0. The van der Waals surface area contributed by atoms with Gasteiger partial charge in [0, 0.05) is 33.0 Å². The average Bonchev–Trinajstić information content (AvgIpc) is 3.35. The van der Waals surface area contributed by atoms with Crippen molar-refractivity contribution in [1.82, 2.24) is 0 Å². The molecular formula is C54H30N2O12. The Balaban J connectivity index is 1.07. The van der Waals surface area contributed by atoms with Crippen LogP contribution in [0.2, 0.25) is 0 Å². The van der Waals surface area contributed by atoms with Gasteiger partial charge in [-0.15, -0.1) is 0 Å². The molecule has 0 spiro atoms. The molecule has 10 rings (SSSR count). The molecule has 2 aliphatic heterocycles. The van der Waals surface area contributed by atoms with Crippen molar-refractivity contribution >= 4 is 69.7 Å². The fourth-order valence-corrected chi connectivity index (χ4v) is 8.71. The number of imide groups is 2. The number of hydrogen-bond acceptors (Lipinski definition) is 8. The average molecular weight is 899 g/mol. The smallest absolute Gasteiger partial charge is 0.335 e. The van der Waals surface area contributed by atoms with E-state index in [1.54, 1.807) is 84.9 Å². The van der Waals surface area contributed by atoms with Gasteiger partial charge in [0.2, 0.25) is 0 Å². The zero-order valence-electron chi connectivity index (χ0n) is 35.0. The van der Waals surface area contributed by atoms with E-state index in [4.69, 9.17) is 0 Å². The van der Waals surface area contributed by atoms with E-state index in [0.29, 0.717) is 44.5 Å². The summed E-state index contributed by atoms with van der Waals surface area (Å²) in [5.74, 6) is -7.52. The van der Waals surface area contributed by atoms with Crippen LogP contribution in [-0.2, 0) is 0 Å². The molecule has 8 aromatic rings. The summed E-state index contributed by atoms with van der Waals surface area (Å²) in [6.45, 7) is 0. The molecule has 4 amide bonds. The van der Waals surface area contributed by atoms with E-state index < -0.39 is 47.5 Å². The summed E-state index contributed by atoms with van der Waals surface area (Å²) in [7, 11) is 0. The molecule has 2 heterocycles. The Labute approximate surface area is 383 Å². The summed E-state index contributed by atoms with van der Waals surface area (Å²) in [5, 5.41) is 38.3. The van der Waals surface area contributed by atoms with Gasteiger partial charge in [-0.25, -0.2) is 29.0 Å². The lowest BCUT2D eigenvalue weighted by atomic mass is 9.85. The molecule has 68 heavy (non-hydrogen) atoms. The van der Waals surface area contributed by atoms with Gasteiger partial charge in [0.25, 0.3) is 23.6 Å². The second-order valence-corrected chi connectivity index (χ2v) is 16.0. The van der Waals surface area contributed by atoms with Gasteiger partial charge in [0.15, 0.2) is 0 Å². The van der Waals surface area contributed by atoms with Crippen LogP contribution in [0.15, 0.2) is 158 Å². The molecule has 0 aromatic heterocycles. The normalized spacial score (nSPS) is 12.9. The number of carboxylic acid groups (broad SMARTS) is 4. The molecule has 8 aromatic carbocycles. The van der Waals surface area contributed by atoms with Crippen molar-refractivity contribution in [2.24, 2.45) is 0 Å². The maximum atomic E-state index is 14.7. The van der Waals surface area contributed by atoms with E-state index in [9.17, 15) is 58.8 Å². The molecule has 0 radical (unpaired) electrons. The molecule has 0 saturated heterocycles. The maximum Gasteiger partial charge on any atom is 0.335 e. The first kappa shape index (κ1) is 42.1. The summed E-state index contributed by atoms with van der Waals surface area (Å²) in [4.78, 5) is 107. The first-order chi connectivity index (χ1) is 32.7. The van der Waals surface area contributed by atoms with E-state index in [1.165, 1.54) is 72.8 Å². The number of aromatic carboxylic acids is 4. The molecule has 0 unspecified atom stereocenters. The highest BCUT2D eigenvalue weighted by Crippen LogP contribution is 2.43. The fourth-order valence-electron chi connectivity index (χ4n) is 8.71. The number of anilines is 2. The minimum Gasteiger partial charge on any atom is -0.478 e. The second kappa shape index (κ2) is 16.0. The summed E-state index contributed by atoms with van der Waals surface area (Å²) >= 11 is 0. The minimum absolute atomic E-state index is 0.0386. The third-order valence-electron chi connectivity index (χ3n) is 12.1. The first-order valence-corrected chi connectivity index (χ1v) is 20.7. The highest BCUT2D eigenvalue weighted by molar-refractivity contribution is 6.42. The maximum absolute atomic E-state index is 14.7. The van der Waals surface area contributed by atoms with Crippen molar-refractivity contribution in [3.8, 4) is 44.5 Å². The third-order valence-corrected chi connectivity index (χ3v) is 12.1. The van der Waals surface area contributed by atoms with E-state index in [-0.39, 0.29) is 66.7 Å². The zero-order chi connectivity index (χ0) is 47.7.